The van der Waals surface area contributed by atoms with Crippen molar-refractivity contribution < 1.29 is 47.5 Å². The first-order chi connectivity index (χ1) is 22.6. The van der Waals surface area contributed by atoms with Crippen LogP contribution < -0.4 is 5.73 Å². The predicted octanol–water partition coefficient (Wildman–Crippen LogP) is 8.33. The van der Waals surface area contributed by atoms with Gasteiger partial charge in [-0.3, -0.25) is 23.4 Å². The fraction of sp³-hybridized carbons (Fsp3) is 0.800. The van der Waals surface area contributed by atoms with Crippen molar-refractivity contribution in [2.75, 3.05) is 19.8 Å². The number of hydrogen-bond donors (Lipinski definition) is 3. The first kappa shape index (κ1) is 45.0. The third-order valence-corrected chi connectivity index (χ3v) is 8.40. The highest BCUT2D eigenvalue weighted by molar-refractivity contribution is 7.47. The van der Waals surface area contributed by atoms with Crippen LogP contribution in [0.5, 0.6) is 0 Å². The van der Waals surface area contributed by atoms with Crippen LogP contribution in [0.25, 0.3) is 0 Å². The van der Waals surface area contributed by atoms with E-state index in [4.69, 9.17) is 24.8 Å². The molecule has 1 unspecified atom stereocenters. The van der Waals surface area contributed by atoms with Gasteiger partial charge in [-0.05, 0) is 44.9 Å². The van der Waals surface area contributed by atoms with E-state index in [1.165, 1.54) is 64.2 Å². The van der Waals surface area contributed by atoms with Crippen LogP contribution in [0.2, 0.25) is 0 Å². The Morgan fingerprint density at radius 1 is 0.660 bits per heavy atom. The Balaban J connectivity index is 4.52. The van der Waals surface area contributed by atoms with Gasteiger partial charge in [-0.15, -0.1) is 0 Å². The lowest BCUT2D eigenvalue weighted by molar-refractivity contribution is -0.161. The van der Waals surface area contributed by atoms with Crippen LogP contribution >= 0.6 is 7.82 Å². The van der Waals surface area contributed by atoms with Gasteiger partial charge in [0.25, 0.3) is 0 Å². The quantitative estimate of drug-likeness (QED) is 0.0262. The predicted molar refractivity (Wildman–Crippen MR) is 185 cm³/mol. The smallest absolute Gasteiger partial charge is 0.472 e. The summed E-state index contributed by atoms with van der Waals surface area (Å²) < 4.78 is 32.4. The molecule has 0 aliphatic heterocycles. The number of phosphoric acid groups is 1. The average molecular weight is 690 g/mol. The highest BCUT2D eigenvalue weighted by Gasteiger charge is 2.28. The molecular weight excluding hydrogens is 625 g/mol. The minimum atomic E-state index is -4.71. The molecule has 47 heavy (non-hydrogen) atoms. The number of aliphatic carboxylic acids is 1. The number of unbranched alkanes of at least 4 members (excludes halogenated alkanes) is 15. The molecule has 3 atom stereocenters. The topological polar surface area (TPSA) is 172 Å². The Hall–Kier alpha value is -2.04. The number of nitrogens with two attached hydrogens (primary N) is 1. The molecule has 0 bridgehead atoms. The van der Waals surface area contributed by atoms with Crippen LogP contribution in [0.15, 0.2) is 24.3 Å². The molecular formula is C35H64NO10P. The second kappa shape index (κ2) is 31.2. The van der Waals surface area contributed by atoms with Gasteiger partial charge in [-0.1, -0.05) is 115 Å². The van der Waals surface area contributed by atoms with Gasteiger partial charge in [-0.2, -0.15) is 0 Å². The van der Waals surface area contributed by atoms with E-state index in [0.717, 1.165) is 44.9 Å². The second-order valence-electron chi connectivity index (χ2n) is 12.0. The molecule has 0 spiro atoms. The molecule has 0 aliphatic carbocycles. The Kier molecular flexibility index (Phi) is 29.9. The van der Waals surface area contributed by atoms with Crippen molar-refractivity contribution in [2.24, 2.45) is 5.73 Å². The number of ether oxygens (including phenoxy) is 2. The van der Waals surface area contributed by atoms with E-state index in [-0.39, 0.29) is 19.4 Å². The monoisotopic (exact) mass is 689 g/mol. The zero-order valence-electron chi connectivity index (χ0n) is 29.1. The number of rotatable bonds is 33. The maximum atomic E-state index is 12.5. The standard InChI is InChI=1S/C35H64NO10P/c1-3-5-7-9-11-13-14-15-16-17-18-19-21-23-25-27-34(38)46-31(29-44-47(41,42)45-30-32(36)35(39)40)28-43-33(37)26-24-22-20-12-10-8-6-4-2/h15-16,18-19,31-32H,3-14,17,20-30,36H2,1-2H3,(H,39,40)(H,41,42)/b16-15+,19-18+/t31-,32-/m0/s1. The molecule has 0 heterocycles. The van der Waals surface area contributed by atoms with Crippen LogP contribution in [-0.2, 0) is 37.5 Å². The Labute approximate surface area is 283 Å². The molecule has 0 aromatic carbocycles. The maximum absolute atomic E-state index is 12.5. The van der Waals surface area contributed by atoms with Crippen molar-refractivity contribution in [2.45, 2.75) is 161 Å². The molecule has 4 N–H and O–H groups in total. The molecule has 0 aromatic heterocycles. The molecule has 0 saturated heterocycles. The summed E-state index contributed by atoms with van der Waals surface area (Å²) in [6, 6.07) is -1.52. The van der Waals surface area contributed by atoms with Gasteiger partial charge >= 0.3 is 25.7 Å². The third kappa shape index (κ3) is 31.0. The Morgan fingerprint density at radius 3 is 1.70 bits per heavy atom. The van der Waals surface area contributed by atoms with Crippen LogP contribution in [0, 0.1) is 0 Å². The molecule has 0 saturated carbocycles. The number of carboxylic acids is 1. The van der Waals surface area contributed by atoms with E-state index in [1.807, 2.05) is 0 Å². The summed E-state index contributed by atoms with van der Waals surface area (Å²) in [7, 11) is -4.71. The number of hydrogen-bond acceptors (Lipinski definition) is 9. The van der Waals surface area contributed by atoms with Crippen molar-refractivity contribution in [3.05, 3.63) is 24.3 Å². The lowest BCUT2D eigenvalue weighted by atomic mass is 10.1. The largest absolute Gasteiger partial charge is 0.480 e. The van der Waals surface area contributed by atoms with E-state index >= 15 is 0 Å². The van der Waals surface area contributed by atoms with E-state index in [0.29, 0.717) is 12.8 Å². The summed E-state index contributed by atoms with van der Waals surface area (Å²) in [5.74, 6) is -2.43. The van der Waals surface area contributed by atoms with E-state index in [9.17, 15) is 23.8 Å². The van der Waals surface area contributed by atoms with Crippen LogP contribution in [-0.4, -0.2) is 59.9 Å². The van der Waals surface area contributed by atoms with Crippen molar-refractivity contribution in [3.63, 3.8) is 0 Å². The number of esters is 2. The minimum Gasteiger partial charge on any atom is -0.480 e. The summed E-state index contributed by atoms with van der Waals surface area (Å²) in [5, 5.41) is 8.83. The van der Waals surface area contributed by atoms with Crippen molar-refractivity contribution >= 4 is 25.7 Å². The SMILES string of the molecule is CCCCCCCC/C=C/C/C=C/CCCCC(=O)O[C@@H](COC(=O)CCCCCCCCCC)COP(=O)(O)OC[C@H](N)C(=O)O. The van der Waals surface area contributed by atoms with Gasteiger partial charge in [-0.25, -0.2) is 4.57 Å². The van der Waals surface area contributed by atoms with Gasteiger partial charge in [0, 0.05) is 12.8 Å². The molecule has 12 heteroatoms. The van der Waals surface area contributed by atoms with Crippen LogP contribution in [0.3, 0.4) is 0 Å². The third-order valence-electron chi connectivity index (χ3n) is 7.45. The van der Waals surface area contributed by atoms with Crippen molar-refractivity contribution in [1.29, 1.82) is 0 Å². The van der Waals surface area contributed by atoms with E-state index < -0.39 is 51.1 Å². The van der Waals surface area contributed by atoms with Crippen LogP contribution in [0.1, 0.15) is 149 Å². The fourth-order valence-corrected chi connectivity index (χ4v) is 5.34. The molecule has 0 rings (SSSR count). The highest BCUT2D eigenvalue weighted by atomic mass is 31.2. The van der Waals surface area contributed by atoms with Gasteiger partial charge in [0.1, 0.15) is 12.6 Å². The lowest BCUT2D eigenvalue weighted by Crippen LogP contribution is -2.34. The fourth-order valence-electron chi connectivity index (χ4n) is 4.56. The van der Waals surface area contributed by atoms with Crippen molar-refractivity contribution in [3.8, 4) is 0 Å². The number of carbonyl (C=O) groups is 3. The van der Waals surface area contributed by atoms with Gasteiger partial charge in [0.05, 0.1) is 13.2 Å². The molecule has 0 radical (unpaired) electrons. The summed E-state index contributed by atoms with van der Waals surface area (Å²) in [6.45, 7) is 2.69. The average Bonchev–Trinajstić information content (AvgIpc) is 3.04. The maximum Gasteiger partial charge on any atom is 0.472 e. The van der Waals surface area contributed by atoms with Crippen molar-refractivity contribution in [1.82, 2.24) is 0 Å². The van der Waals surface area contributed by atoms with Crippen LogP contribution in [0.4, 0.5) is 0 Å². The first-order valence-corrected chi connectivity index (χ1v) is 19.4. The normalized spacial score (nSPS) is 14.3. The van der Waals surface area contributed by atoms with Gasteiger partial charge in [0.2, 0.25) is 0 Å². The van der Waals surface area contributed by atoms with Gasteiger partial charge in [0.15, 0.2) is 6.10 Å². The highest BCUT2D eigenvalue weighted by Crippen LogP contribution is 2.43. The molecule has 0 aliphatic rings. The van der Waals surface area contributed by atoms with E-state index in [2.05, 4.69) is 42.7 Å². The molecule has 0 amide bonds. The number of carboxylic acid groups (broad SMARTS) is 1. The number of carbonyl (C=O) groups excluding carboxylic acids is 2. The molecule has 0 fully saturated rings. The first-order valence-electron chi connectivity index (χ1n) is 17.9. The summed E-state index contributed by atoms with van der Waals surface area (Å²) in [6.07, 6.45) is 28.4. The number of allylic oxidation sites excluding steroid dienone is 4. The van der Waals surface area contributed by atoms with Gasteiger partial charge < -0.3 is 25.2 Å². The Bertz CT molecular complexity index is 911. The molecule has 0 aromatic rings. The minimum absolute atomic E-state index is 0.120. The zero-order valence-corrected chi connectivity index (χ0v) is 30.0. The van der Waals surface area contributed by atoms with E-state index in [1.54, 1.807) is 0 Å². The Morgan fingerprint density at radius 2 is 1.13 bits per heavy atom. The summed E-state index contributed by atoms with van der Waals surface area (Å²) in [4.78, 5) is 45.5. The molecule has 274 valence electrons. The molecule has 11 nitrogen and oxygen atoms in total. The summed E-state index contributed by atoms with van der Waals surface area (Å²) in [5.41, 5.74) is 5.30. The zero-order chi connectivity index (χ0) is 35.0. The number of phosphoric ester groups is 1. The lowest BCUT2D eigenvalue weighted by Gasteiger charge is -2.20. The second-order valence-corrected chi connectivity index (χ2v) is 13.5. The summed E-state index contributed by atoms with van der Waals surface area (Å²) >= 11 is 0.